The van der Waals surface area contributed by atoms with Gasteiger partial charge in [-0.15, -0.1) is 0 Å². The highest BCUT2D eigenvalue weighted by atomic mass is 35.5. The Labute approximate surface area is 83.6 Å². The second-order valence-corrected chi connectivity index (χ2v) is 3.32. The van der Waals surface area contributed by atoms with Crippen LogP contribution in [-0.2, 0) is 0 Å². The molecule has 0 fully saturated rings. The first-order chi connectivity index (χ1) is 6.19. The number of ether oxygens (including phenoxy) is 1. The third-order valence-corrected chi connectivity index (χ3v) is 2.36. The summed E-state index contributed by atoms with van der Waals surface area (Å²) in [5.74, 6) is 0.683. The first-order valence-corrected chi connectivity index (χ1v) is 4.65. The van der Waals surface area contributed by atoms with E-state index in [4.69, 9.17) is 22.1 Å². The Bertz CT molecular complexity index is 288. The molecule has 2 N–H and O–H groups in total. The topological polar surface area (TPSA) is 35.2 Å². The first kappa shape index (κ1) is 10.4. The maximum Gasteiger partial charge on any atom is 0.137 e. The summed E-state index contributed by atoms with van der Waals surface area (Å²) in [7, 11) is 1.60. The summed E-state index contributed by atoms with van der Waals surface area (Å²) in [6.07, 6.45) is 0.908. The molecule has 1 rings (SSSR count). The van der Waals surface area contributed by atoms with E-state index in [0.29, 0.717) is 10.8 Å². The van der Waals surface area contributed by atoms with Crippen LogP contribution in [0.5, 0.6) is 5.75 Å². The third kappa shape index (κ3) is 2.36. The predicted octanol–water partition coefficient (Wildman–Crippen LogP) is 2.76. The van der Waals surface area contributed by atoms with Crippen molar-refractivity contribution in [3.05, 3.63) is 28.8 Å². The van der Waals surface area contributed by atoms with Crippen molar-refractivity contribution in [3.8, 4) is 5.75 Å². The summed E-state index contributed by atoms with van der Waals surface area (Å²) < 4.78 is 5.09. The highest BCUT2D eigenvalue weighted by molar-refractivity contribution is 6.32. The highest BCUT2D eigenvalue weighted by Gasteiger charge is 2.06. The molecule has 0 bridgehead atoms. The number of halogens is 1. The standard InChI is InChI=1S/C10H14ClNO/c1-3-9(12)7-4-5-8(11)10(6-7)13-2/h4-6,9H,3,12H2,1-2H3/t9-/m0/s1. The Morgan fingerprint density at radius 1 is 1.54 bits per heavy atom. The van der Waals surface area contributed by atoms with Crippen molar-refractivity contribution < 1.29 is 4.74 Å². The van der Waals surface area contributed by atoms with Crippen LogP contribution in [-0.4, -0.2) is 7.11 Å². The molecule has 0 aliphatic carbocycles. The minimum absolute atomic E-state index is 0.0613. The number of hydrogen-bond acceptors (Lipinski definition) is 2. The minimum Gasteiger partial charge on any atom is -0.495 e. The second kappa shape index (κ2) is 4.49. The van der Waals surface area contributed by atoms with E-state index in [1.165, 1.54) is 0 Å². The fourth-order valence-corrected chi connectivity index (χ4v) is 1.34. The summed E-state index contributed by atoms with van der Waals surface area (Å²) >= 11 is 5.88. The van der Waals surface area contributed by atoms with Crippen molar-refractivity contribution in [1.82, 2.24) is 0 Å². The van der Waals surface area contributed by atoms with Crippen LogP contribution in [0.3, 0.4) is 0 Å². The molecule has 0 aliphatic heterocycles. The average molecular weight is 200 g/mol. The first-order valence-electron chi connectivity index (χ1n) is 4.28. The lowest BCUT2D eigenvalue weighted by Crippen LogP contribution is -2.08. The minimum atomic E-state index is 0.0613. The van der Waals surface area contributed by atoms with Crippen LogP contribution in [0.15, 0.2) is 18.2 Å². The number of hydrogen-bond donors (Lipinski definition) is 1. The van der Waals surface area contributed by atoms with E-state index in [-0.39, 0.29) is 6.04 Å². The average Bonchev–Trinajstić information content (AvgIpc) is 2.17. The van der Waals surface area contributed by atoms with Crippen LogP contribution in [0.2, 0.25) is 5.02 Å². The van der Waals surface area contributed by atoms with E-state index in [1.54, 1.807) is 7.11 Å². The van der Waals surface area contributed by atoms with E-state index in [1.807, 2.05) is 25.1 Å². The molecule has 1 aromatic rings. The van der Waals surface area contributed by atoms with Gasteiger partial charge in [-0.2, -0.15) is 0 Å². The van der Waals surface area contributed by atoms with Gasteiger partial charge in [0.15, 0.2) is 0 Å². The van der Waals surface area contributed by atoms with Crippen LogP contribution in [0.1, 0.15) is 24.9 Å². The lowest BCUT2D eigenvalue weighted by Gasteiger charge is -2.11. The van der Waals surface area contributed by atoms with Crippen LogP contribution >= 0.6 is 11.6 Å². The molecule has 0 amide bonds. The Morgan fingerprint density at radius 3 is 2.77 bits per heavy atom. The van der Waals surface area contributed by atoms with E-state index < -0.39 is 0 Å². The van der Waals surface area contributed by atoms with Gasteiger partial charge >= 0.3 is 0 Å². The van der Waals surface area contributed by atoms with Crippen molar-refractivity contribution in [2.24, 2.45) is 5.73 Å². The van der Waals surface area contributed by atoms with Gasteiger partial charge in [0.25, 0.3) is 0 Å². The van der Waals surface area contributed by atoms with Gasteiger partial charge in [0.05, 0.1) is 12.1 Å². The normalized spacial score (nSPS) is 12.6. The van der Waals surface area contributed by atoms with E-state index >= 15 is 0 Å². The molecular formula is C10H14ClNO. The molecule has 0 spiro atoms. The lowest BCUT2D eigenvalue weighted by molar-refractivity contribution is 0.414. The molecule has 0 heterocycles. The van der Waals surface area contributed by atoms with Crippen molar-refractivity contribution in [3.63, 3.8) is 0 Å². The summed E-state index contributed by atoms with van der Waals surface area (Å²) in [6, 6.07) is 5.69. The zero-order valence-corrected chi connectivity index (χ0v) is 8.64. The second-order valence-electron chi connectivity index (χ2n) is 2.91. The Balaban J connectivity index is 2.99. The molecule has 13 heavy (non-hydrogen) atoms. The molecule has 0 aromatic heterocycles. The van der Waals surface area contributed by atoms with Crippen LogP contribution in [0.25, 0.3) is 0 Å². The maximum atomic E-state index is 5.88. The Morgan fingerprint density at radius 2 is 2.23 bits per heavy atom. The van der Waals surface area contributed by atoms with Crippen LogP contribution in [0, 0.1) is 0 Å². The smallest absolute Gasteiger partial charge is 0.137 e. The van der Waals surface area contributed by atoms with Crippen molar-refractivity contribution in [2.75, 3.05) is 7.11 Å². The molecule has 2 nitrogen and oxygen atoms in total. The lowest BCUT2D eigenvalue weighted by atomic mass is 10.1. The fraction of sp³-hybridized carbons (Fsp3) is 0.400. The molecule has 3 heteroatoms. The zero-order valence-electron chi connectivity index (χ0n) is 7.88. The largest absolute Gasteiger partial charge is 0.495 e. The van der Waals surface area contributed by atoms with E-state index in [0.717, 1.165) is 12.0 Å². The molecule has 0 aliphatic rings. The molecule has 72 valence electrons. The van der Waals surface area contributed by atoms with Gasteiger partial charge in [-0.25, -0.2) is 0 Å². The SMILES string of the molecule is CC[C@H](N)c1ccc(Cl)c(OC)c1. The highest BCUT2D eigenvalue weighted by Crippen LogP contribution is 2.27. The quantitative estimate of drug-likeness (QED) is 0.813. The Hall–Kier alpha value is -0.730. The van der Waals surface area contributed by atoms with Crippen LogP contribution in [0.4, 0.5) is 0 Å². The van der Waals surface area contributed by atoms with Gasteiger partial charge in [0, 0.05) is 6.04 Å². The predicted molar refractivity (Wildman–Crippen MR) is 55.2 cm³/mol. The zero-order chi connectivity index (χ0) is 9.84. The van der Waals surface area contributed by atoms with Crippen LogP contribution < -0.4 is 10.5 Å². The summed E-state index contributed by atoms with van der Waals surface area (Å²) in [4.78, 5) is 0. The van der Waals surface area contributed by atoms with Gasteiger partial charge in [-0.3, -0.25) is 0 Å². The monoisotopic (exact) mass is 199 g/mol. The number of nitrogens with two attached hydrogens (primary N) is 1. The van der Waals surface area contributed by atoms with Crippen molar-refractivity contribution in [1.29, 1.82) is 0 Å². The Kier molecular flexibility index (Phi) is 3.58. The summed E-state index contributed by atoms with van der Waals surface area (Å²) in [5, 5.41) is 0.620. The fourth-order valence-electron chi connectivity index (χ4n) is 1.14. The van der Waals surface area contributed by atoms with Gasteiger partial charge in [-0.1, -0.05) is 24.6 Å². The molecule has 0 saturated carbocycles. The van der Waals surface area contributed by atoms with E-state index in [2.05, 4.69) is 0 Å². The molecule has 1 atom stereocenters. The van der Waals surface area contributed by atoms with Gasteiger partial charge in [0.1, 0.15) is 5.75 Å². The summed E-state index contributed by atoms with van der Waals surface area (Å²) in [5.41, 5.74) is 6.93. The van der Waals surface area contributed by atoms with Gasteiger partial charge in [0.2, 0.25) is 0 Å². The van der Waals surface area contributed by atoms with E-state index in [9.17, 15) is 0 Å². The number of methoxy groups -OCH3 is 1. The molecule has 0 unspecified atom stereocenters. The summed E-state index contributed by atoms with van der Waals surface area (Å²) in [6.45, 7) is 2.05. The molecule has 0 radical (unpaired) electrons. The molecule has 1 aromatic carbocycles. The van der Waals surface area contributed by atoms with Gasteiger partial charge in [-0.05, 0) is 24.1 Å². The molecular weight excluding hydrogens is 186 g/mol. The number of rotatable bonds is 3. The third-order valence-electron chi connectivity index (χ3n) is 2.04. The maximum absolute atomic E-state index is 5.88. The van der Waals surface area contributed by atoms with Crippen molar-refractivity contribution in [2.45, 2.75) is 19.4 Å². The van der Waals surface area contributed by atoms with Gasteiger partial charge < -0.3 is 10.5 Å². The molecule has 0 saturated heterocycles. The number of benzene rings is 1. The van der Waals surface area contributed by atoms with Crippen molar-refractivity contribution >= 4 is 11.6 Å².